The lowest BCUT2D eigenvalue weighted by atomic mass is 10.1. The molecule has 0 saturated carbocycles. The zero-order valence-corrected chi connectivity index (χ0v) is 10.7. The minimum atomic E-state index is -0.430. The molecule has 3 heteroatoms. The van der Waals surface area contributed by atoms with Gasteiger partial charge in [0.2, 0.25) is 0 Å². The molecule has 1 atom stereocenters. The summed E-state index contributed by atoms with van der Waals surface area (Å²) in [6.45, 7) is 2.33. The topological polar surface area (TPSA) is 35.8 Å². The summed E-state index contributed by atoms with van der Waals surface area (Å²) in [5.41, 5.74) is 2.61. The molecule has 1 unspecified atom stereocenters. The van der Waals surface area contributed by atoms with E-state index in [1.807, 2.05) is 31.2 Å². The van der Waals surface area contributed by atoms with E-state index >= 15 is 0 Å². The van der Waals surface area contributed by atoms with Crippen molar-refractivity contribution < 1.29 is 4.39 Å². The summed E-state index contributed by atoms with van der Waals surface area (Å²) in [4.78, 5) is 0. The number of aryl methyl sites for hydroxylation is 1. The van der Waals surface area contributed by atoms with Gasteiger partial charge in [0.05, 0.1) is 6.07 Å². The smallest absolute Gasteiger partial charge is 0.127 e. The van der Waals surface area contributed by atoms with E-state index in [0.29, 0.717) is 12.1 Å². The van der Waals surface area contributed by atoms with E-state index in [1.165, 1.54) is 6.07 Å². The van der Waals surface area contributed by atoms with Gasteiger partial charge in [0, 0.05) is 12.1 Å². The number of nitrogens with zero attached hydrogens (tertiary/aromatic N) is 1. The van der Waals surface area contributed by atoms with Crippen LogP contribution in [0.4, 0.5) is 4.39 Å². The Labute approximate surface area is 112 Å². The normalized spacial score (nSPS) is 11.8. The fraction of sp³-hybridized carbons (Fsp3) is 0.188. The SMILES string of the molecule is Cc1ccc(C(C#N)NCc2ccccc2F)cc1. The van der Waals surface area contributed by atoms with Crippen LogP contribution in [0.2, 0.25) is 0 Å². The molecule has 96 valence electrons. The van der Waals surface area contributed by atoms with Crippen molar-refractivity contribution >= 4 is 0 Å². The van der Waals surface area contributed by atoms with Crippen molar-refractivity contribution in [2.45, 2.75) is 19.5 Å². The van der Waals surface area contributed by atoms with E-state index < -0.39 is 6.04 Å². The molecule has 0 bridgehead atoms. The number of hydrogen-bond acceptors (Lipinski definition) is 2. The monoisotopic (exact) mass is 254 g/mol. The summed E-state index contributed by atoms with van der Waals surface area (Å²) in [5.74, 6) is -0.254. The first-order valence-electron chi connectivity index (χ1n) is 6.13. The summed E-state index contributed by atoms with van der Waals surface area (Å²) in [6.07, 6.45) is 0. The highest BCUT2D eigenvalue weighted by Crippen LogP contribution is 2.14. The maximum Gasteiger partial charge on any atom is 0.127 e. The standard InChI is InChI=1S/C16H15FN2/c1-12-6-8-13(9-7-12)16(10-18)19-11-14-4-2-3-5-15(14)17/h2-9,16,19H,11H2,1H3. The lowest BCUT2D eigenvalue weighted by Gasteiger charge is -2.12. The van der Waals surface area contributed by atoms with Gasteiger partial charge in [-0.05, 0) is 18.6 Å². The largest absolute Gasteiger partial charge is 0.294 e. The van der Waals surface area contributed by atoms with Gasteiger partial charge in [0.25, 0.3) is 0 Å². The van der Waals surface area contributed by atoms with Crippen LogP contribution in [0.3, 0.4) is 0 Å². The van der Waals surface area contributed by atoms with E-state index in [4.69, 9.17) is 0 Å². The Morgan fingerprint density at radius 1 is 1.16 bits per heavy atom. The molecule has 2 aromatic carbocycles. The van der Waals surface area contributed by atoms with E-state index in [9.17, 15) is 9.65 Å². The molecule has 0 aliphatic rings. The average molecular weight is 254 g/mol. The highest BCUT2D eigenvalue weighted by Gasteiger charge is 2.10. The van der Waals surface area contributed by atoms with Gasteiger partial charge < -0.3 is 0 Å². The molecule has 0 spiro atoms. The first-order valence-corrected chi connectivity index (χ1v) is 6.13. The van der Waals surface area contributed by atoms with Gasteiger partial charge in [-0.15, -0.1) is 0 Å². The number of nitrogens with one attached hydrogen (secondary N) is 1. The molecule has 0 radical (unpaired) electrons. The molecule has 19 heavy (non-hydrogen) atoms. The first-order chi connectivity index (χ1) is 9.20. The summed E-state index contributed by atoms with van der Waals surface area (Å²) in [6, 6.07) is 16.1. The third-order valence-electron chi connectivity index (χ3n) is 2.99. The fourth-order valence-corrected chi connectivity index (χ4v) is 1.85. The van der Waals surface area contributed by atoms with Crippen molar-refractivity contribution in [2.24, 2.45) is 0 Å². The van der Waals surface area contributed by atoms with Crippen LogP contribution in [0.1, 0.15) is 22.7 Å². The predicted octanol–water partition coefficient (Wildman–Crippen LogP) is 3.49. The zero-order chi connectivity index (χ0) is 13.7. The van der Waals surface area contributed by atoms with E-state index in [-0.39, 0.29) is 5.82 Å². The quantitative estimate of drug-likeness (QED) is 0.906. The van der Waals surface area contributed by atoms with Crippen LogP contribution in [-0.2, 0) is 6.54 Å². The van der Waals surface area contributed by atoms with Crippen molar-refractivity contribution in [3.05, 3.63) is 71.0 Å². The highest BCUT2D eigenvalue weighted by atomic mass is 19.1. The van der Waals surface area contributed by atoms with E-state index in [0.717, 1.165) is 11.1 Å². The maximum atomic E-state index is 13.5. The number of halogens is 1. The molecule has 0 aromatic heterocycles. The van der Waals surface area contributed by atoms with Gasteiger partial charge in [0.1, 0.15) is 11.9 Å². The van der Waals surface area contributed by atoms with Crippen molar-refractivity contribution in [1.29, 1.82) is 5.26 Å². The van der Waals surface area contributed by atoms with Crippen LogP contribution in [-0.4, -0.2) is 0 Å². The molecule has 2 nitrogen and oxygen atoms in total. The minimum Gasteiger partial charge on any atom is -0.294 e. The minimum absolute atomic E-state index is 0.254. The van der Waals surface area contributed by atoms with E-state index in [2.05, 4.69) is 11.4 Å². The molecule has 0 heterocycles. The summed E-state index contributed by atoms with van der Waals surface area (Å²) in [7, 11) is 0. The third-order valence-corrected chi connectivity index (χ3v) is 2.99. The predicted molar refractivity (Wildman–Crippen MR) is 72.8 cm³/mol. The lowest BCUT2D eigenvalue weighted by molar-refractivity contribution is 0.571. The molecule has 0 fully saturated rings. The zero-order valence-electron chi connectivity index (χ0n) is 10.7. The van der Waals surface area contributed by atoms with E-state index in [1.54, 1.807) is 18.2 Å². The molecular weight excluding hydrogens is 239 g/mol. The molecule has 2 aromatic rings. The number of rotatable bonds is 4. The third kappa shape index (κ3) is 3.40. The summed E-state index contributed by atoms with van der Waals surface area (Å²) >= 11 is 0. The Bertz CT molecular complexity index is 584. The Kier molecular flexibility index (Phi) is 4.27. The molecule has 1 N–H and O–H groups in total. The summed E-state index contributed by atoms with van der Waals surface area (Å²) < 4.78 is 13.5. The second kappa shape index (κ2) is 6.12. The van der Waals surface area contributed by atoms with Crippen LogP contribution in [0.15, 0.2) is 48.5 Å². The van der Waals surface area contributed by atoms with Crippen LogP contribution in [0.25, 0.3) is 0 Å². The molecule has 0 aliphatic carbocycles. The Morgan fingerprint density at radius 2 is 1.84 bits per heavy atom. The molecule has 0 amide bonds. The Hall–Kier alpha value is -2.18. The average Bonchev–Trinajstić information content (AvgIpc) is 2.43. The van der Waals surface area contributed by atoms with Crippen LogP contribution >= 0.6 is 0 Å². The molecule has 0 saturated heterocycles. The molecule has 2 rings (SSSR count). The highest BCUT2D eigenvalue weighted by molar-refractivity contribution is 5.28. The van der Waals surface area contributed by atoms with Crippen LogP contribution < -0.4 is 5.32 Å². The Balaban J connectivity index is 2.07. The second-order valence-corrected chi connectivity index (χ2v) is 4.45. The van der Waals surface area contributed by atoms with Crippen molar-refractivity contribution in [3.8, 4) is 6.07 Å². The fourth-order valence-electron chi connectivity index (χ4n) is 1.85. The van der Waals surface area contributed by atoms with Gasteiger partial charge >= 0.3 is 0 Å². The van der Waals surface area contributed by atoms with Gasteiger partial charge in [-0.2, -0.15) is 5.26 Å². The van der Waals surface area contributed by atoms with Gasteiger partial charge in [-0.25, -0.2) is 4.39 Å². The maximum absolute atomic E-state index is 13.5. The number of benzene rings is 2. The Morgan fingerprint density at radius 3 is 2.47 bits per heavy atom. The van der Waals surface area contributed by atoms with Crippen molar-refractivity contribution in [2.75, 3.05) is 0 Å². The van der Waals surface area contributed by atoms with Crippen LogP contribution in [0.5, 0.6) is 0 Å². The van der Waals surface area contributed by atoms with Crippen molar-refractivity contribution in [3.63, 3.8) is 0 Å². The first kappa shape index (κ1) is 13.3. The summed E-state index contributed by atoms with van der Waals surface area (Å²) in [5, 5.41) is 12.3. The van der Waals surface area contributed by atoms with Gasteiger partial charge in [0.15, 0.2) is 0 Å². The van der Waals surface area contributed by atoms with Crippen LogP contribution in [0, 0.1) is 24.1 Å². The molecule has 0 aliphatic heterocycles. The van der Waals surface area contributed by atoms with Gasteiger partial charge in [-0.3, -0.25) is 5.32 Å². The number of hydrogen-bond donors (Lipinski definition) is 1. The lowest BCUT2D eigenvalue weighted by Crippen LogP contribution is -2.20. The van der Waals surface area contributed by atoms with Crippen molar-refractivity contribution in [1.82, 2.24) is 5.32 Å². The van der Waals surface area contributed by atoms with Gasteiger partial charge in [-0.1, -0.05) is 48.0 Å². The number of nitriles is 1. The molecular formula is C16H15FN2. The second-order valence-electron chi connectivity index (χ2n) is 4.45.